The van der Waals surface area contributed by atoms with Crippen LogP contribution in [0.2, 0.25) is 0 Å². The molecule has 170 valence electrons. The number of aryl methyl sites for hydroxylation is 1. The second kappa shape index (κ2) is 11.9. The third-order valence-corrected chi connectivity index (χ3v) is 6.06. The minimum atomic E-state index is -0.942. The van der Waals surface area contributed by atoms with Crippen molar-refractivity contribution in [3.63, 3.8) is 0 Å². The molecule has 0 fully saturated rings. The molecule has 0 aliphatic heterocycles. The fraction of sp³-hybridized carbons (Fsp3) is 0.320. The maximum absolute atomic E-state index is 13.6. The lowest BCUT2D eigenvalue weighted by molar-refractivity contribution is -0.121. The highest BCUT2D eigenvalue weighted by Crippen LogP contribution is 2.14. The summed E-state index contributed by atoms with van der Waals surface area (Å²) in [6.07, 6.45) is 0.302. The predicted molar refractivity (Wildman–Crippen MR) is 124 cm³/mol. The van der Waals surface area contributed by atoms with Gasteiger partial charge in [0.1, 0.15) is 11.6 Å². The van der Waals surface area contributed by atoms with Crippen LogP contribution in [0, 0.1) is 11.6 Å². The van der Waals surface area contributed by atoms with Crippen LogP contribution in [-0.2, 0) is 30.6 Å². The van der Waals surface area contributed by atoms with E-state index >= 15 is 0 Å². The molecule has 2 aromatic carbocycles. The number of aliphatic hydroxyl groups excluding tert-OH is 1. The number of thiophene rings is 1. The van der Waals surface area contributed by atoms with E-state index in [4.69, 9.17) is 0 Å². The molecule has 32 heavy (non-hydrogen) atoms. The molecule has 1 heterocycles. The van der Waals surface area contributed by atoms with Gasteiger partial charge in [-0.15, -0.1) is 11.3 Å². The number of benzene rings is 2. The van der Waals surface area contributed by atoms with Crippen molar-refractivity contribution in [3.05, 3.63) is 93.2 Å². The Balaban J connectivity index is 1.64. The molecule has 2 atom stereocenters. The summed E-state index contributed by atoms with van der Waals surface area (Å²) in [6, 6.07) is 14.5. The van der Waals surface area contributed by atoms with Gasteiger partial charge >= 0.3 is 0 Å². The first-order valence-electron chi connectivity index (χ1n) is 10.7. The standard InChI is InChI=1S/C25H28F2N2O2S/c1-2-17-5-3-6-18(9-17)15-28-16-24(30)23(12-19-10-20(26)13-21(27)11-19)29-25(31)14-22-7-4-8-32-22/h3-11,13,23-24,28,30H,2,12,14-16H2,1H3,(H,29,31). The summed E-state index contributed by atoms with van der Waals surface area (Å²) in [5.74, 6) is -1.62. The molecule has 0 bridgehead atoms. The smallest absolute Gasteiger partial charge is 0.225 e. The number of halogens is 2. The Morgan fingerprint density at radius 2 is 1.78 bits per heavy atom. The van der Waals surface area contributed by atoms with Crippen LogP contribution in [0.5, 0.6) is 0 Å². The number of carbonyl (C=O) groups is 1. The van der Waals surface area contributed by atoms with E-state index < -0.39 is 23.8 Å². The zero-order valence-corrected chi connectivity index (χ0v) is 18.8. The van der Waals surface area contributed by atoms with Gasteiger partial charge in [-0.25, -0.2) is 8.78 Å². The quantitative estimate of drug-likeness (QED) is 0.407. The van der Waals surface area contributed by atoms with Crippen LogP contribution in [-0.4, -0.2) is 29.7 Å². The molecule has 1 amide bonds. The molecule has 2 unspecified atom stereocenters. The van der Waals surface area contributed by atoms with Crippen LogP contribution in [0.4, 0.5) is 8.78 Å². The van der Waals surface area contributed by atoms with Crippen LogP contribution < -0.4 is 10.6 Å². The van der Waals surface area contributed by atoms with Gasteiger partial charge in [0, 0.05) is 24.0 Å². The van der Waals surface area contributed by atoms with Gasteiger partial charge in [0.15, 0.2) is 0 Å². The highest BCUT2D eigenvalue weighted by molar-refractivity contribution is 7.10. The van der Waals surface area contributed by atoms with Crippen LogP contribution in [0.3, 0.4) is 0 Å². The summed E-state index contributed by atoms with van der Waals surface area (Å²) < 4.78 is 27.3. The minimum Gasteiger partial charge on any atom is -0.390 e. The SMILES string of the molecule is CCc1cccc(CNCC(O)C(Cc2cc(F)cc(F)c2)NC(=O)Cc2cccs2)c1. The largest absolute Gasteiger partial charge is 0.390 e. The van der Waals surface area contributed by atoms with Crippen molar-refractivity contribution in [2.24, 2.45) is 0 Å². The number of hydrogen-bond acceptors (Lipinski definition) is 4. The Kier molecular flexibility index (Phi) is 8.90. The summed E-state index contributed by atoms with van der Waals surface area (Å²) in [6.45, 7) is 2.88. The van der Waals surface area contributed by atoms with Gasteiger partial charge in [-0.2, -0.15) is 0 Å². The van der Waals surface area contributed by atoms with Crippen LogP contribution in [0.1, 0.15) is 28.5 Å². The molecule has 3 N–H and O–H groups in total. The van der Waals surface area contributed by atoms with Crippen molar-refractivity contribution in [2.45, 2.75) is 44.9 Å². The van der Waals surface area contributed by atoms with Crippen LogP contribution in [0.15, 0.2) is 60.0 Å². The van der Waals surface area contributed by atoms with E-state index in [2.05, 4.69) is 29.7 Å². The van der Waals surface area contributed by atoms with Crippen molar-refractivity contribution >= 4 is 17.2 Å². The Morgan fingerprint density at radius 3 is 2.47 bits per heavy atom. The number of nitrogens with one attached hydrogen (secondary N) is 2. The molecule has 1 aromatic heterocycles. The van der Waals surface area contributed by atoms with Crippen molar-refractivity contribution in [3.8, 4) is 0 Å². The molecule has 7 heteroatoms. The van der Waals surface area contributed by atoms with Crippen LogP contribution in [0.25, 0.3) is 0 Å². The number of amides is 1. The minimum absolute atomic E-state index is 0.110. The van der Waals surface area contributed by atoms with Gasteiger partial charge in [0.25, 0.3) is 0 Å². The lowest BCUT2D eigenvalue weighted by Gasteiger charge is -2.25. The van der Waals surface area contributed by atoms with Gasteiger partial charge in [-0.3, -0.25) is 4.79 Å². The third-order valence-electron chi connectivity index (χ3n) is 5.19. The summed E-state index contributed by atoms with van der Waals surface area (Å²) in [4.78, 5) is 13.4. The fourth-order valence-electron chi connectivity index (χ4n) is 3.56. The third kappa shape index (κ3) is 7.51. The molecule has 0 aliphatic rings. The van der Waals surface area contributed by atoms with E-state index in [1.807, 2.05) is 29.6 Å². The van der Waals surface area contributed by atoms with E-state index in [0.717, 1.165) is 22.9 Å². The van der Waals surface area contributed by atoms with Crippen molar-refractivity contribution < 1.29 is 18.7 Å². The van der Waals surface area contributed by atoms with Crippen LogP contribution >= 0.6 is 11.3 Å². The van der Waals surface area contributed by atoms with Gasteiger partial charge in [-0.1, -0.05) is 37.3 Å². The Hall–Kier alpha value is -2.61. The van der Waals surface area contributed by atoms with Gasteiger partial charge < -0.3 is 15.7 Å². The maximum atomic E-state index is 13.6. The van der Waals surface area contributed by atoms with E-state index in [1.165, 1.54) is 29.0 Å². The van der Waals surface area contributed by atoms with E-state index in [1.54, 1.807) is 0 Å². The maximum Gasteiger partial charge on any atom is 0.225 e. The Labute approximate surface area is 191 Å². The van der Waals surface area contributed by atoms with Gasteiger partial charge in [-0.05, 0) is 53.1 Å². The van der Waals surface area contributed by atoms with Gasteiger partial charge in [0.05, 0.1) is 18.6 Å². The first-order chi connectivity index (χ1) is 15.4. The zero-order chi connectivity index (χ0) is 22.9. The predicted octanol–water partition coefficient (Wildman–Crippen LogP) is 4.01. The Bertz CT molecular complexity index is 991. The molecule has 0 radical (unpaired) electrons. The highest BCUT2D eigenvalue weighted by Gasteiger charge is 2.22. The lowest BCUT2D eigenvalue weighted by Crippen LogP contribution is -2.49. The molecule has 0 aliphatic carbocycles. The molecule has 3 rings (SSSR count). The second-order valence-corrected chi connectivity index (χ2v) is 8.82. The van der Waals surface area contributed by atoms with Gasteiger partial charge in [0.2, 0.25) is 5.91 Å². The van der Waals surface area contributed by atoms with Crippen molar-refractivity contribution in [1.29, 1.82) is 0 Å². The summed E-state index contributed by atoms with van der Waals surface area (Å²) >= 11 is 1.47. The van der Waals surface area contributed by atoms with Crippen molar-refractivity contribution in [2.75, 3.05) is 6.54 Å². The summed E-state index contributed by atoms with van der Waals surface area (Å²) in [5.41, 5.74) is 2.71. The average Bonchev–Trinajstić information content (AvgIpc) is 3.25. The number of carbonyl (C=O) groups excluding carboxylic acids is 1. The number of aliphatic hydroxyl groups is 1. The summed E-state index contributed by atoms with van der Waals surface area (Å²) in [5, 5.41) is 18.7. The first kappa shape index (κ1) is 24.0. The second-order valence-electron chi connectivity index (χ2n) is 7.78. The monoisotopic (exact) mass is 458 g/mol. The first-order valence-corrected chi connectivity index (χ1v) is 11.5. The summed E-state index contributed by atoms with van der Waals surface area (Å²) in [7, 11) is 0. The highest BCUT2D eigenvalue weighted by atomic mass is 32.1. The molecule has 3 aromatic rings. The Morgan fingerprint density at radius 1 is 1.03 bits per heavy atom. The lowest BCUT2D eigenvalue weighted by atomic mass is 10.00. The molecule has 0 spiro atoms. The van der Waals surface area contributed by atoms with E-state index in [0.29, 0.717) is 12.1 Å². The number of hydrogen-bond donors (Lipinski definition) is 3. The van der Waals surface area contributed by atoms with E-state index in [9.17, 15) is 18.7 Å². The molecule has 4 nitrogen and oxygen atoms in total. The fourth-order valence-corrected chi connectivity index (χ4v) is 4.26. The van der Waals surface area contributed by atoms with E-state index in [-0.39, 0.29) is 25.3 Å². The number of rotatable bonds is 11. The zero-order valence-electron chi connectivity index (χ0n) is 18.0. The molecular formula is C25H28F2N2O2S. The molecular weight excluding hydrogens is 430 g/mol. The average molecular weight is 459 g/mol. The normalized spacial score (nSPS) is 13.0. The van der Waals surface area contributed by atoms with Crippen molar-refractivity contribution in [1.82, 2.24) is 10.6 Å². The topological polar surface area (TPSA) is 61.4 Å². The molecule has 0 saturated heterocycles. The molecule has 0 saturated carbocycles.